The Hall–Kier alpha value is -4.46. The first kappa shape index (κ1) is 23.3. The van der Waals surface area contributed by atoms with E-state index in [0.29, 0.717) is 12.1 Å². The van der Waals surface area contributed by atoms with Gasteiger partial charge in [-0.05, 0) is 30.3 Å². The van der Waals surface area contributed by atoms with E-state index in [1.54, 1.807) is 19.3 Å². The Labute approximate surface area is 202 Å². The molecule has 0 spiro atoms. The monoisotopic (exact) mass is 513 g/mol. The number of hydrogen-bond donors (Lipinski definition) is 1. The second kappa shape index (κ2) is 8.96. The summed E-state index contributed by atoms with van der Waals surface area (Å²) in [5.74, 6) is -0.900. The highest BCUT2D eigenvalue weighted by molar-refractivity contribution is 7.95. The molecule has 0 saturated carbocycles. The SMILES string of the molecule is Cn1cc(NC(=O)c2cnn3cccnc23)c(-c2cc(S(=O)(=O)C3=CCC=N3)ccc2OC(F)F)n1. The Kier molecular flexibility index (Phi) is 5.80. The van der Waals surface area contributed by atoms with Gasteiger partial charge in [0.1, 0.15) is 17.0 Å². The lowest BCUT2D eigenvalue weighted by Gasteiger charge is -2.13. The zero-order valence-corrected chi connectivity index (χ0v) is 19.4. The topological polar surface area (TPSA) is 133 Å². The minimum atomic E-state index is -4.02. The van der Waals surface area contributed by atoms with E-state index in [9.17, 15) is 22.0 Å². The Morgan fingerprint density at radius 1 is 1.28 bits per heavy atom. The summed E-state index contributed by atoms with van der Waals surface area (Å²) in [6.07, 6.45) is 9.17. The summed E-state index contributed by atoms with van der Waals surface area (Å²) in [4.78, 5) is 20.9. The first-order valence-electron chi connectivity index (χ1n) is 10.4. The van der Waals surface area contributed by atoms with Gasteiger partial charge >= 0.3 is 6.61 Å². The van der Waals surface area contributed by atoms with E-state index in [-0.39, 0.29) is 38.2 Å². The van der Waals surface area contributed by atoms with Gasteiger partial charge in [0.2, 0.25) is 9.84 Å². The Morgan fingerprint density at radius 2 is 2.11 bits per heavy atom. The van der Waals surface area contributed by atoms with Crippen LogP contribution in [0.3, 0.4) is 0 Å². The average molecular weight is 513 g/mol. The van der Waals surface area contributed by atoms with E-state index < -0.39 is 22.4 Å². The molecule has 0 fully saturated rings. The van der Waals surface area contributed by atoms with Crippen molar-refractivity contribution in [3.63, 3.8) is 0 Å². The quantitative estimate of drug-likeness (QED) is 0.402. The molecular weight excluding hydrogens is 496 g/mol. The fraction of sp³-hybridized carbons (Fsp3) is 0.136. The number of nitrogens with zero attached hydrogens (tertiary/aromatic N) is 6. The molecule has 1 aromatic carbocycles. The van der Waals surface area contributed by atoms with Crippen molar-refractivity contribution in [1.29, 1.82) is 0 Å². The van der Waals surface area contributed by atoms with Gasteiger partial charge in [-0.3, -0.25) is 9.48 Å². The first-order chi connectivity index (χ1) is 17.2. The highest BCUT2D eigenvalue weighted by Gasteiger charge is 2.26. The van der Waals surface area contributed by atoms with Crippen molar-refractivity contribution in [3.8, 4) is 17.0 Å². The molecule has 5 rings (SSSR count). The molecule has 0 atom stereocenters. The molecule has 14 heteroatoms. The molecule has 0 radical (unpaired) electrons. The van der Waals surface area contributed by atoms with E-state index in [0.717, 1.165) is 18.2 Å². The number of amides is 1. The van der Waals surface area contributed by atoms with Crippen LogP contribution in [0, 0.1) is 0 Å². The van der Waals surface area contributed by atoms with Crippen molar-refractivity contribution in [3.05, 3.63) is 65.7 Å². The van der Waals surface area contributed by atoms with Crippen LogP contribution in [-0.4, -0.2) is 51.5 Å². The third-order valence-electron chi connectivity index (χ3n) is 5.23. The molecule has 1 aliphatic heterocycles. The standard InChI is InChI=1S/C22H17F2N7O4S/c1-30-12-16(28-21(32)15-11-27-31-9-3-8-26-20(15)31)19(29-30)14-10-13(5-6-17(14)35-22(23)24)36(33,34)18-4-2-7-25-18/h3-12,22H,2H2,1H3,(H,28,32). The minimum absolute atomic E-state index is 0.0203. The van der Waals surface area contributed by atoms with E-state index in [2.05, 4.69) is 30.2 Å². The molecule has 4 heterocycles. The number of hydrogen-bond acceptors (Lipinski definition) is 8. The number of aliphatic imine (C=N–C) groups is 1. The van der Waals surface area contributed by atoms with Crippen molar-refractivity contribution in [2.24, 2.45) is 12.0 Å². The molecule has 1 N–H and O–H groups in total. The second-order valence-electron chi connectivity index (χ2n) is 7.59. The fourth-order valence-corrected chi connectivity index (χ4v) is 4.96. The summed E-state index contributed by atoms with van der Waals surface area (Å²) in [5.41, 5.74) is 0.557. The highest BCUT2D eigenvalue weighted by Crippen LogP contribution is 2.38. The average Bonchev–Trinajstić information content (AvgIpc) is 3.59. The van der Waals surface area contributed by atoms with Gasteiger partial charge in [-0.25, -0.2) is 22.9 Å². The number of rotatable bonds is 7. The summed E-state index contributed by atoms with van der Waals surface area (Å²) in [7, 11) is -2.47. The van der Waals surface area contributed by atoms with Crippen LogP contribution in [0.1, 0.15) is 16.8 Å². The number of halogens is 2. The van der Waals surface area contributed by atoms with Gasteiger partial charge in [-0.2, -0.15) is 19.0 Å². The Morgan fingerprint density at radius 3 is 2.86 bits per heavy atom. The zero-order valence-electron chi connectivity index (χ0n) is 18.5. The number of anilines is 1. The van der Waals surface area contributed by atoms with E-state index >= 15 is 0 Å². The predicted octanol–water partition coefficient (Wildman–Crippen LogP) is 3.07. The van der Waals surface area contributed by atoms with Crippen molar-refractivity contribution >= 4 is 33.3 Å². The maximum atomic E-state index is 13.2. The van der Waals surface area contributed by atoms with E-state index in [1.165, 1.54) is 40.1 Å². The molecule has 184 valence electrons. The predicted molar refractivity (Wildman–Crippen MR) is 125 cm³/mol. The number of aryl methyl sites for hydroxylation is 1. The van der Waals surface area contributed by atoms with Crippen molar-refractivity contribution in [2.75, 3.05) is 5.32 Å². The minimum Gasteiger partial charge on any atom is -0.434 e. The Bertz CT molecular complexity index is 1660. The summed E-state index contributed by atoms with van der Waals surface area (Å²) < 4.78 is 59.8. The largest absolute Gasteiger partial charge is 0.434 e. The number of allylic oxidation sites excluding steroid dienone is 1. The molecule has 36 heavy (non-hydrogen) atoms. The molecular formula is C22H17F2N7O4S. The third kappa shape index (κ3) is 4.22. The lowest BCUT2D eigenvalue weighted by molar-refractivity contribution is -0.0494. The summed E-state index contributed by atoms with van der Waals surface area (Å²) >= 11 is 0. The van der Waals surface area contributed by atoms with Crippen LogP contribution in [0.15, 0.2) is 70.0 Å². The number of fused-ring (bicyclic) bond motifs is 1. The highest BCUT2D eigenvalue weighted by atomic mass is 32.2. The van der Waals surface area contributed by atoms with Crippen LogP contribution < -0.4 is 10.1 Å². The van der Waals surface area contributed by atoms with Gasteiger partial charge < -0.3 is 10.1 Å². The van der Waals surface area contributed by atoms with Crippen LogP contribution in [0.5, 0.6) is 5.75 Å². The smallest absolute Gasteiger partial charge is 0.387 e. The fourth-order valence-electron chi connectivity index (χ4n) is 3.66. The maximum Gasteiger partial charge on any atom is 0.387 e. The number of sulfone groups is 1. The molecule has 0 unspecified atom stereocenters. The number of aromatic nitrogens is 5. The molecule has 4 aromatic rings. The molecule has 3 aromatic heterocycles. The van der Waals surface area contributed by atoms with Gasteiger partial charge in [0.05, 0.1) is 16.8 Å². The molecule has 1 amide bonds. The number of alkyl halides is 2. The zero-order chi connectivity index (χ0) is 25.4. The van der Waals surface area contributed by atoms with Crippen molar-refractivity contribution in [2.45, 2.75) is 17.9 Å². The van der Waals surface area contributed by atoms with Crippen LogP contribution in [-0.2, 0) is 16.9 Å². The second-order valence-corrected chi connectivity index (χ2v) is 9.49. The van der Waals surface area contributed by atoms with E-state index in [1.807, 2.05) is 0 Å². The van der Waals surface area contributed by atoms with Crippen molar-refractivity contribution < 1.29 is 26.7 Å². The van der Waals surface area contributed by atoms with Gasteiger partial charge in [0.25, 0.3) is 5.91 Å². The third-order valence-corrected chi connectivity index (χ3v) is 6.92. The summed E-state index contributed by atoms with van der Waals surface area (Å²) in [6.45, 7) is -3.18. The van der Waals surface area contributed by atoms with Gasteiger partial charge in [-0.15, -0.1) is 0 Å². The number of carbonyl (C=O) groups excluding carboxylic acids is 1. The first-order valence-corrected chi connectivity index (χ1v) is 11.9. The number of nitrogens with one attached hydrogen (secondary N) is 1. The van der Waals surface area contributed by atoms with E-state index in [4.69, 9.17) is 0 Å². The van der Waals surface area contributed by atoms with Gasteiger partial charge in [0, 0.05) is 43.8 Å². The summed E-state index contributed by atoms with van der Waals surface area (Å²) in [5, 5.41) is 10.9. The molecule has 0 aliphatic carbocycles. The van der Waals surface area contributed by atoms with Gasteiger partial charge in [-0.1, -0.05) is 0 Å². The number of ether oxygens (including phenoxy) is 1. The number of carbonyl (C=O) groups is 1. The Balaban J connectivity index is 1.58. The van der Waals surface area contributed by atoms with Crippen LogP contribution in [0.2, 0.25) is 0 Å². The van der Waals surface area contributed by atoms with Crippen LogP contribution in [0.25, 0.3) is 16.9 Å². The molecule has 0 saturated heterocycles. The number of benzene rings is 1. The molecule has 0 bridgehead atoms. The van der Waals surface area contributed by atoms with Crippen molar-refractivity contribution in [1.82, 2.24) is 24.4 Å². The summed E-state index contributed by atoms with van der Waals surface area (Å²) in [6, 6.07) is 5.08. The van der Waals surface area contributed by atoms with Crippen LogP contribution in [0.4, 0.5) is 14.5 Å². The molecule has 11 nitrogen and oxygen atoms in total. The van der Waals surface area contributed by atoms with Gasteiger partial charge in [0.15, 0.2) is 10.7 Å². The lowest BCUT2D eigenvalue weighted by Crippen LogP contribution is -2.12. The van der Waals surface area contributed by atoms with Crippen LogP contribution >= 0.6 is 0 Å². The maximum absolute atomic E-state index is 13.2. The molecule has 1 aliphatic rings. The normalized spacial score (nSPS) is 13.4. The lowest BCUT2D eigenvalue weighted by atomic mass is 10.1.